The molecule has 1 fully saturated rings. The molecule has 0 aromatic heterocycles. The zero-order chi connectivity index (χ0) is 31.3. The Labute approximate surface area is 288 Å². The lowest BCUT2D eigenvalue weighted by molar-refractivity contribution is 0.353. The predicted molar refractivity (Wildman–Crippen MR) is 201 cm³/mol. The van der Waals surface area contributed by atoms with Crippen LogP contribution < -0.4 is 0 Å². The summed E-state index contributed by atoms with van der Waals surface area (Å²) in [5, 5.41) is 5.33. The van der Waals surface area contributed by atoms with Crippen LogP contribution in [0.2, 0.25) is 0 Å². The van der Waals surface area contributed by atoms with Gasteiger partial charge in [-0.05, 0) is 138 Å². The normalized spacial score (nSPS) is 18.7. The lowest BCUT2D eigenvalue weighted by Gasteiger charge is -2.36. The lowest BCUT2D eigenvalue weighted by Crippen LogP contribution is -2.28. The Bertz CT molecular complexity index is 2200. The second-order valence-electron chi connectivity index (χ2n) is 15.4. The second-order valence-corrected chi connectivity index (χ2v) is 17.1. The van der Waals surface area contributed by atoms with Gasteiger partial charge < -0.3 is 0 Å². The third-order valence-electron chi connectivity index (χ3n) is 12.6. The molecule has 0 heterocycles. The fraction of sp³-hybridized carbons (Fsp3) is 0.273. The number of benzene rings is 6. The summed E-state index contributed by atoms with van der Waals surface area (Å²) in [6.45, 7) is 9.73. The van der Waals surface area contributed by atoms with E-state index in [1.807, 2.05) is 0 Å². The fourth-order valence-corrected chi connectivity index (χ4v) is 11.4. The van der Waals surface area contributed by atoms with Crippen LogP contribution in [0.3, 0.4) is 0 Å². The van der Waals surface area contributed by atoms with Gasteiger partial charge in [0.2, 0.25) is 0 Å². The van der Waals surface area contributed by atoms with Gasteiger partial charge in [0.15, 0.2) is 0 Å². The first kappa shape index (κ1) is 27.9. The maximum absolute atomic E-state index is 3.95. The van der Waals surface area contributed by atoms with Crippen LogP contribution in [0.4, 0.5) is 0 Å². The van der Waals surface area contributed by atoms with E-state index in [1.54, 1.807) is 11.1 Å². The maximum Gasteiger partial charge on any atom is 0.0257 e. The molecule has 1 saturated carbocycles. The minimum atomic E-state index is -0.0772. The van der Waals surface area contributed by atoms with E-state index in [1.165, 1.54) is 118 Å². The molecule has 0 atom stereocenters. The average molecular weight is 725 g/mol. The Balaban J connectivity index is 1.28. The smallest absolute Gasteiger partial charge is 0.0257 e. The Morgan fingerprint density at radius 2 is 0.826 bits per heavy atom. The summed E-state index contributed by atoms with van der Waals surface area (Å²) in [5.74, 6) is 0. The maximum atomic E-state index is 3.95. The molecule has 2 heteroatoms. The van der Waals surface area contributed by atoms with E-state index in [9.17, 15) is 0 Å². The van der Waals surface area contributed by atoms with Gasteiger partial charge >= 0.3 is 0 Å². The van der Waals surface area contributed by atoms with Crippen molar-refractivity contribution in [3.8, 4) is 33.4 Å². The first-order chi connectivity index (χ1) is 22.1. The predicted octanol–water partition coefficient (Wildman–Crippen LogP) is 13.4. The minimum absolute atomic E-state index is 0.0725. The molecule has 0 N–H and O–H groups in total. The molecule has 0 nitrogen and oxygen atoms in total. The molecule has 0 radical (unpaired) electrons. The van der Waals surface area contributed by atoms with Crippen LogP contribution in [0.25, 0.3) is 54.9 Å². The Kier molecular flexibility index (Phi) is 5.47. The first-order valence-corrected chi connectivity index (χ1v) is 18.5. The Hall–Kier alpha value is -3.20. The van der Waals surface area contributed by atoms with E-state index in [4.69, 9.17) is 0 Å². The van der Waals surface area contributed by atoms with Gasteiger partial charge in [0.25, 0.3) is 0 Å². The molecule has 0 aliphatic heterocycles. The van der Waals surface area contributed by atoms with Gasteiger partial charge in [-0.3, -0.25) is 0 Å². The van der Waals surface area contributed by atoms with Crippen molar-refractivity contribution in [2.45, 2.75) is 76.0 Å². The van der Waals surface area contributed by atoms with E-state index in [-0.39, 0.29) is 16.2 Å². The monoisotopic (exact) mass is 722 g/mol. The number of rotatable bonds is 0. The highest BCUT2D eigenvalue weighted by molar-refractivity contribution is 9.11. The van der Waals surface area contributed by atoms with E-state index >= 15 is 0 Å². The molecule has 0 unspecified atom stereocenters. The van der Waals surface area contributed by atoms with Crippen molar-refractivity contribution >= 4 is 53.4 Å². The average Bonchev–Trinajstić information content (AvgIpc) is 3.54. The third-order valence-corrected chi connectivity index (χ3v) is 13.9. The molecule has 4 aliphatic carbocycles. The van der Waals surface area contributed by atoms with Gasteiger partial charge in [-0.2, -0.15) is 0 Å². The standard InChI is InChI=1S/C44H36Br2/c1-42(2)32-18-28-29-19-33-31(41-27-15-9-7-13-25(27)39(46)23-37(41)43(33,3)4)21-35(29)44(16-10-5-11-17-44)34(28)20-30(32)40-26-14-8-6-12-24(26)38(45)22-36(40)42/h6-9,12-15,18-23H,5,10-11,16-17H2,1-4H3. The van der Waals surface area contributed by atoms with Gasteiger partial charge in [-0.1, -0.05) is 127 Å². The summed E-state index contributed by atoms with van der Waals surface area (Å²) in [6.07, 6.45) is 6.40. The van der Waals surface area contributed by atoms with Crippen molar-refractivity contribution in [1.29, 1.82) is 0 Å². The van der Waals surface area contributed by atoms with Crippen molar-refractivity contribution in [3.05, 3.63) is 127 Å². The van der Waals surface area contributed by atoms with E-state index < -0.39 is 0 Å². The van der Waals surface area contributed by atoms with Crippen molar-refractivity contribution in [2.24, 2.45) is 0 Å². The fourth-order valence-electron chi connectivity index (χ4n) is 10.2. The zero-order valence-electron chi connectivity index (χ0n) is 26.9. The van der Waals surface area contributed by atoms with Crippen LogP contribution in [0.5, 0.6) is 0 Å². The number of hydrogen-bond acceptors (Lipinski definition) is 0. The number of hydrogen-bond donors (Lipinski definition) is 0. The molecule has 226 valence electrons. The zero-order valence-corrected chi connectivity index (χ0v) is 30.0. The molecule has 6 aromatic rings. The summed E-state index contributed by atoms with van der Waals surface area (Å²) in [7, 11) is 0. The van der Waals surface area contributed by atoms with E-state index in [0.29, 0.717) is 0 Å². The largest absolute Gasteiger partial charge is 0.0616 e. The van der Waals surface area contributed by atoms with Crippen LogP contribution in [-0.2, 0) is 16.2 Å². The lowest BCUT2D eigenvalue weighted by atomic mass is 9.67. The topological polar surface area (TPSA) is 0 Å². The first-order valence-electron chi connectivity index (χ1n) is 17.0. The summed E-state index contributed by atoms with van der Waals surface area (Å²) in [5.41, 5.74) is 17.7. The molecule has 10 rings (SSSR count). The van der Waals surface area contributed by atoms with Crippen molar-refractivity contribution in [2.75, 3.05) is 0 Å². The summed E-state index contributed by atoms with van der Waals surface area (Å²) in [6, 6.07) is 33.3. The Morgan fingerprint density at radius 3 is 1.26 bits per heavy atom. The molecule has 1 spiro atoms. The quantitative estimate of drug-likeness (QED) is 0.146. The highest BCUT2D eigenvalue weighted by Gasteiger charge is 2.49. The summed E-state index contributed by atoms with van der Waals surface area (Å²) < 4.78 is 2.39. The Morgan fingerprint density at radius 1 is 0.435 bits per heavy atom. The highest BCUT2D eigenvalue weighted by Crippen LogP contribution is 2.63. The van der Waals surface area contributed by atoms with Crippen molar-refractivity contribution in [1.82, 2.24) is 0 Å². The van der Waals surface area contributed by atoms with E-state index in [0.717, 1.165) is 0 Å². The van der Waals surface area contributed by atoms with Crippen molar-refractivity contribution in [3.63, 3.8) is 0 Å². The molecule has 6 aromatic carbocycles. The van der Waals surface area contributed by atoms with E-state index in [2.05, 4.69) is 144 Å². The van der Waals surface area contributed by atoms with Crippen LogP contribution >= 0.6 is 31.9 Å². The molecular weight excluding hydrogens is 688 g/mol. The third kappa shape index (κ3) is 3.26. The van der Waals surface area contributed by atoms with Gasteiger partial charge in [0.05, 0.1) is 0 Å². The van der Waals surface area contributed by atoms with Gasteiger partial charge in [0, 0.05) is 25.2 Å². The SMILES string of the molecule is CC1(C)c2cc3c(cc2-c2c1cc(Br)c1ccccc21)C1(CCCCC1)c1cc2c(cc1-3)C(C)(C)c1cc(Br)c3ccccc3c1-2. The number of fused-ring (bicyclic) bond motifs is 15. The summed E-state index contributed by atoms with van der Waals surface area (Å²) >= 11 is 7.89. The van der Waals surface area contributed by atoms with Gasteiger partial charge in [-0.25, -0.2) is 0 Å². The van der Waals surface area contributed by atoms with Crippen LogP contribution in [0.15, 0.2) is 93.9 Å². The van der Waals surface area contributed by atoms with Crippen LogP contribution in [-0.4, -0.2) is 0 Å². The molecular formula is C44H36Br2. The summed E-state index contributed by atoms with van der Waals surface area (Å²) in [4.78, 5) is 0. The van der Waals surface area contributed by atoms with Crippen molar-refractivity contribution < 1.29 is 0 Å². The highest BCUT2D eigenvalue weighted by atomic mass is 79.9. The molecule has 0 saturated heterocycles. The molecule has 0 amide bonds. The minimum Gasteiger partial charge on any atom is -0.0616 e. The van der Waals surface area contributed by atoms with Gasteiger partial charge in [-0.15, -0.1) is 0 Å². The van der Waals surface area contributed by atoms with Crippen LogP contribution in [0, 0.1) is 0 Å². The number of halogens is 2. The van der Waals surface area contributed by atoms with Gasteiger partial charge in [0.1, 0.15) is 0 Å². The molecule has 4 aliphatic rings. The second kappa shape index (κ2) is 9.03. The van der Waals surface area contributed by atoms with Crippen LogP contribution in [0.1, 0.15) is 93.2 Å². The molecule has 0 bridgehead atoms. The molecule has 46 heavy (non-hydrogen) atoms.